The van der Waals surface area contributed by atoms with Gasteiger partial charge in [0.1, 0.15) is 11.9 Å². The first-order valence-electron chi connectivity index (χ1n) is 11.3. The molecule has 1 aliphatic heterocycles. The maximum absolute atomic E-state index is 13.1. The number of nitrogens with zero attached hydrogens (tertiary/aromatic N) is 2. The molecule has 3 rings (SSSR count). The minimum Gasteiger partial charge on any atom is -0.489 e. The Balaban J connectivity index is 1.85. The third-order valence-corrected chi connectivity index (χ3v) is 7.25. The van der Waals surface area contributed by atoms with Gasteiger partial charge in [0.25, 0.3) is 0 Å². The molecule has 1 saturated heterocycles. The van der Waals surface area contributed by atoms with E-state index in [4.69, 9.17) is 26.3 Å². The van der Waals surface area contributed by atoms with Gasteiger partial charge in [-0.2, -0.15) is 5.26 Å². The van der Waals surface area contributed by atoms with Gasteiger partial charge in [0.2, 0.25) is 10.0 Å². The van der Waals surface area contributed by atoms with Gasteiger partial charge in [-0.15, -0.1) is 0 Å². The zero-order valence-electron chi connectivity index (χ0n) is 19.4. The molecule has 1 fully saturated rings. The fourth-order valence-corrected chi connectivity index (χ4v) is 5.14. The second kappa shape index (κ2) is 12.6. The van der Waals surface area contributed by atoms with Crippen molar-refractivity contribution < 1.29 is 22.7 Å². The monoisotopic (exact) mass is 517 g/mol. The standard InChI is InChI=1S/C25H28ClN3O5S/c1-2-33-25(30)18-35(31,32)29(14-4-7-19-5-3-6-20(15-19)17-27)21-8-9-24(23(26)16-21)34-22-10-12-28-13-11-22/h3-9,15-16,22,28H,2,10-14,18H2,1H3. The molecule has 1 heterocycles. The first kappa shape index (κ1) is 26.5. The Morgan fingerprint density at radius 1 is 1.26 bits per heavy atom. The van der Waals surface area contributed by atoms with Crippen molar-refractivity contribution in [3.05, 3.63) is 64.7 Å². The number of hydrogen-bond donors (Lipinski definition) is 1. The molecule has 1 N–H and O–H groups in total. The normalized spacial score (nSPS) is 14.4. The summed E-state index contributed by atoms with van der Waals surface area (Å²) >= 11 is 6.46. The lowest BCUT2D eigenvalue weighted by atomic mass is 10.1. The predicted molar refractivity (Wildman–Crippen MR) is 136 cm³/mol. The SMILES string of the molecule is CCOC(=O)CS(=O)(=O)N(CC=Cc1cccc(C#N)c1)c1ccc(OC2CCNCC2)c(Cl)c1. The van der Waals surface area contributed by atoms with Gasteiger partial charge < -0.3 is 14.8 Å². The number of piperidine rings is 1. The Morgan fingerprint density at radius 2 is 2.03 bits per heavy atom. The molecule has 0 bridgehead atoms. The molecule has 35 heavy (non-hydrogen) atoms. The van der Waals surface area contributed by atoms with Crippen LogP contribution in [0.2, 0.25) is 5.02 Å². The van der Waals surface area contributed by atoms with E-state index in [9.17, 15) is 13.2 Å². The topological polar surface area (TPSA) is 109 Å². The Bertz CT molecular complexity index is 1200. The highest BCUT2D eigenvalue weighted by atomic mass is 35.5. The number of halogens is 1. The van der Waals surface area contributed by atoms with E-state index in [1.807, 2.05) is 0 Å². The number of rotatable bonds is 10. The first-order valence-corrected chi connectivity index (χ1v) is 13.3. The minimum atomic E-state index is -4.07. The average Bonchev–Trinajstić information content (AvgIpc) is 2.83. The molecule has 2 aromatic carbocycles. The second-order valence-corrected chi connectivity index (χ2v) is 10.2. The number of carbonyl (C=O) groups is 1. The van der Waals surface area contributed by atoms with Gasteiger partial charge in [0.15, 0.2) is 5.75 Å². The largest absolute Gasteiger partial charge is 0.489 e. The number of esters is 1. The van der Waals surface area contributed by atoms with Crippen LogP contribution in [0, 0.1) is 11.3 Å². The maximum Gasteiger partial charge on any atom is 0.323 e. The number of nitriles is 1. The van der Waals surface area contributed by atoms with E-state index in [0.29, 0.717) is 17.0 Å². The van der Waals surface area contributed by atoms with E-state index in [1.54, 1.807) is 55.5 Å². The minimum absolute atomic E-state index is 0.0374. The molecule has 0 amide bonds. The Labute approximate surface area is 211 Å². The van der Waals surface area contributed by atoms with Crippen LogP contribution in [0.5, 0.6) is 5.75 Å². The summed E-state index contributed by atoms with van der Waals surface area (Å²) in [4.78, 5) is 12.0. The molecule has 0 spiro atoms. The lowest BCUT2D eigenvalue weighted by Gasteiger charge is -2.26. The van der Waals surface area contributed by atoms with Gasteiger partial charge in [-0.25, -0.2) is 8.42 Å². The van der Waals surface area contributed by atoms with Gasteiger partial charge >= 0.3 is 5.97 Å². The zero-order valence-corrected chi connectivity index (χ0v) is 21.0. The van der Waals surface area contributed by atoms with Crippen molar-refractivity contribution in [3.63, 3.8) is 0 Å². The Hall–Kier alpha value is -3.06. The molecule has 0 atom stereocenters. The summed E-state index contributed by atoms with van der Waals surface area (Å²) in [5.41, 5.74) is 1.54. The number of anilines is 1. The quantitative estimate of drug-likeness (QED) is 0.478. The van der Waals surface area contributed by atoms with Gasteiger partial charge in [-0.3, -0.25) is 9.10 Å². The van der Waals surface area contributed by atoms with E-state index >= 15 is 0 Å². The van der Waals surface area contributed by atoms with Crippen molar-refractivity contribution in [1.29, 1.82) is 5.26 Å². The third-order valence-electron chi connectivity index (χ3n) is 5.32. The van der Waals surface area contributed by atoms with E-state index in [-0.39, 0.29) is 24.3 Å². The lowest BCUT2D eigenvalue weighted by Crippen LogP contribution is -2.36. The highest BCUT2D eigenvalue weighted by Crippen LogP contribution is 2.32. The van der Waals surface area contributed by atoms with E-state index in [0.717, 1.165) is 35.8 Å². The smallest absolute Gasteiger partial charge is 0.323 e. The summed E-state index contributed by atoms with van der Waals surface area (Å²) in [5.74, 6) is -1.15. The van der Waals surface area contributed by atoms with Gasteiger partial charge in [0.05, 0.1) is 35.5 Å². The van der Waals surface area contributed by atoms with E-state index < -0.39 is 21.7 Å². The summed E-state index contributed by atoms with van der Waals surface area (Å²) in [5, 5.41) is 12.6. The van der Waals surface area contributed by atoms with Crippen LogP contribution in [-0.4, -0.2) is 52.5 Å². The van der Waals surface area contributed by atoms with Gasteiger partial charge in [-0.05, 0) is 68.8 Å². The summed E-state index contributed by atoms with van der Waals surface area (Å²) in [6, 6.07) is 13.8. The number of nitrogens with one attached hydrogen (secondary N) is 1. The fourth-order valence-electron chi connectivity index (χ4n) is 3.64. The van der Waals surface area contributed by atoms with E-state index in [2.05, 4.69) is 11.4 Å². The van der Waals surface area contributed by atoms with Crippen molar-refractivity contribution in [2.45, 2.75) is 25.9 Å². The van der Waals surface area contributed by atoms with E-state index in [1.165, 1.54) is 6.07 Å². The summed E-state index contributed by atoms with van der Waals surface area (Å²) in [6.07, 6.45) is 5.11. The van der Waals surface area contributed by atoms with Crippen LogP contribution < -0.4 is 14.4 Å². The van der Waals surface area contributed by atoms with Gasteiger partial charge in [-0.1, -0.05) is 35.9 Å². The number of benzene rings is 2. The Morgan fingerprint density at radius 3 is 2.71 bits per heavy atom. The van der Waals surface area contributed by atoms with Crippen molar-refractivity contribution in [2.24, 2.45) is 0 Å². The van der Waals surface area contributed by atoms with Crippen molar-refractivity contribution >= 4 is 39.4 Å². The molecule has 2 aromatic rings. The summed E-state index contributed by atoms with van der Waals surface area (Å²) in [7, 11) is -4.07. The van der Waals surface area contributed by atoms with Crippen molar-refractivity contribution in [1.82, 2.24) is 5.32 Å². The molecular formula is C25H28ClN3O5S. The van der Waals surface area contributed by atoms with Crippen molar-refractivity contribution in [3.8, 4) is 11.8 Å². The molecule has 0 aromatic heterocycles. The lowest BCUT2D eigenvalue weighted by molar-refractivity contribution is -0.139. The molecule has 0 radical (unpaired) electrons. The van der Waals surface area contributed by atoms with Crippen LogP contribution in [-0.2, 0) is 19.6 Å². The average molecular weight is 518 g/mol. The number of carbonyl (C=O) groups excluding carboxylic acids is 1. The molecule has 8 nitrogen and oxygen atoms in total. The first-order chi connectivity index (χ1) is 16.8. The van der Waals surface area contributed by atoms with Crippen LogP contribution in [0.1, 0.15) is 30.9 Å². The summed E-state index contributed by atoms with van der Waals surface area (Å²) < 4.78 is 38.2. The van der Waals surface area contributed by atoms with Crippen LogP contribution >= 0.6 is 11.6 Å². The van der Waals surface area contributed by atoms with Crippen LogP contribution in [0.15, 0.2) is 48.5 Å². The maximum atomic E-state index is 13.1. The zero-order chi connectivity index (χ0) is 25.3. The molecule has 0 unspecified atom stereocenters. The summed E-state index contributed by atoms with van der Waals surface area (Å²) in [6.45, 7) is 3.37. The third kappa shape index (κ3) is 7.72. The molecular weight excluding hydrogens is 490 g/mol. The highest BCUT2D eigenvalue weighted by molar-refractivity contribution is 7.93. The Kier molecular flexibility index (Phi) is 9.55. The van der Waals surface area contributed by atoms with Gasteiger partial charge in [0, 0.05) is 0 Å². The molecule has 1 aliphatic rings. The molecule has 0 saturated carbocycles. The van der Waals surface area contributed by atoms with Crippen molar-refractivity contribution in [2.75, 3.05) is 36.3 Å². The van der Waals surface area contributed by atoms with Crippen LogP contribution in [0.3, 0.4) is 0 Å². The fraction of sp³-hybridized carbons (Fsp3) is 0.360. The number of hydrogen-bond acceptors (Lipinski definition) is 7. The molecule has 186 valence electrons. The molecule has 10 heteroatoms. The number of ether oxygens (including phenoxy) is 2. The number of sulfonamides is 1. The van der Waals surface area contributed by atoms with Crippen LogP contribution in [0.25, 0.3) is 6.08 Å². The molecule has 0 aliphatic carbocycles. The second-order valence-electron chi connectivity index (χ2n) is 7.91. The van der Waals surface area contributed by atoms with Crippen LogP contribution in [0.4, 0.5) is 5.69 Å². The highest BCUT2D eigenvalue weighted by Gasteiger charge is 2.27. The predicted octanol–water partition coefficient (Wildman–Crippen LogP) is 3.76.